The van der Waals surface area contributed by atoms with Crippen molar-refractivity contribution < 1.29 is 14.7 Å². The molecule has 0 spiro atoms. The van der Waals surface area contributed by atoms with E-state index in [4.69, 9.17) is 0 Å². The summed E-state index contributed by atoms with van der Waals surface area (Å²) in [5, 5.41) is 0.266. The molecule has 0 aliphatic carbocycles. The van der Waals surface area contributed by atoms with Crippen LogP contribution in [0.1, 0.15) is 76.2 Å². The molecule has 0 aromatic heterocycles. The number of unbranched alkanes of at least 4 members (excludes halogenated alkanes) is 10. The quantitative estimate of drug-likeness (QED) is 0.241. The number of aryl methyl sites for hydroxylation is 1. The maximum absolute atomic E-state index is 10.3. The Morgan fingerprint density at radius 1 is 0.483 bits per heavy atom. The Labute approximate surface area is 177 Å². The Morgan fingerprint density at radius 2 is 0.897 bits per heavy atom. The van der Waals surface area contributed by atoms with Gasteiger partial charge in [-0.25, -0.2) is 0 Å². The first-order chi connectivity index (χ1) is 14.0. The van der Waals surface area contributed by atoms with E-state index in [1.54, 1.807) is 30.3 Å². The van der Waals surface area contributed by atoms with Crippen molar-refractivity contribution in [3.63, 3.8) is 0 Å². The van der Waals surface area contributed by atoms with Crippen LogP contribution in [0.3, 0.4) is 0 Å². The van der Waals surface area contributed by atoms with E-state index in [2.05, 4.69) is 30.3 Å². The fraction of sp³-hybridized carbons (Fsp3) is 0.520. The second-order valence-corrected chi connectivity index (χ2v) is 11.6. The summed E-state index contributed by atoms with van der Waals surface area (Å²) < 4.78 is 0. The predicted molar refractivity (Wildman–Crippen MR) is 125 cm³/mol. The molecule has 0 unspecified atom stereocenters. The van der Waals surface area contributed by atoms with Crippen molar-refractivity contribution in [2.45, 2.75) is 77.0 Å². The average Bonchev–Trinajstić information content (AvgIpc) is 2.72. The zero-order valence-corrected chi connectivity index (χ0v) is 18.6. The van der Waals surface area contributed by atoms with Crippen LogP contribution in [-0.2, 0) is 6.42 Å². The molecule has 0 fully saturated rings. The average molecular weight is 419 g/mol. The molecule has 0 saturated heterocycles. The van der Waals surface area contributed by atoms with Crippen LogP contribution < -0.4 is 5.30 Å². The minimum atomic E-state index is -4.67. The van der Waals surface area contributed by atoms with Gasteiger partial charge in [-0.2, -0.15) is 0 Å². The Bertz CT molecular complexity index is 665. The molecule has 0 bridgehead atoms. The van der Waals surface area contributed by atoms with Crippen molar-refractivity contribution in [1.29, 1.82) is 0 Å². The Kier molecular flexibility index (Phi) is 10.3. The summed E-state index contributed by atoms with van der Waals surface area (Å²) >= 11 is 0. The molecular formula is C25H39O3P. The van der Waals surface area contributed by atoms with Crippen molar-refractivity contribution in [1.82, 2.24) is 0 Å². The van der Waals surface area contributed by atoms with Crippen LogP contribution in [0.4, 0.5) is 0 Å². The normalized spacial score (nSPS) is 13.1. The SMILES string of the molecule is OP(O)(O)(CCCCCCCCCCCCCc1ccccc1)c1ccccc1. The molecule has 0 radical (unpaired) electrons. The fourth-order valence-corrected chi connectivity index (χ4v) is 5.68. The van der Waals surface area contributed by atoms with Crippen LogP contribution >= 0.6 is 7.28 Å². The van der Waals surface area contributed by atoms with E-state index in [0.717, 1.165) is 12.8 Å². The monoisotopic (exact) mass is 418 g/mol. The third-order valence-electron chi connectivity index (χ3n) is 5.66. The minimum absolute atomic E-state index is 0.0681. The molecule has 3 nitrogen and oxygen atoms in total. The van der Waals surface area contributed by atoms with Gasteiger partial charge in [0.15, 0.2) is 0 Å². The van der Waals surface area contributed by atoms with Gasteiger partial charge in [0, 0.05) is 0 Å². The van der Waals surface area contributed by atoms with E-state index in [-0.39, 0.29) is 11.5 Å². The summed E-state index contributed by atoms with van der Waals surface area (Å²) in [7, 11) is -4.67. The van der Waals surface area contributed by atoms with Crippen molar-refractivity contribution >= 4 is 12.6 Å². The van der Waals surface area contributed by atoms with E-state index in [1.807, 2.05) is 0 Å². The van der Waals surface area contributed by atoms with Gasteiger partial charge < -0.3 is 0 Å². The van der Waals surface area contributed by atoms with Crippen LogP contribution in [0.15, 0.2) is 60.7 Å². The molecule has 2 aromatic rings. The Hall–Kier alpha value is -1.25. The zero-order chi connectivity index (χ0) is 20.9. The molecule has 0 amide bonds. The van der Waals surface area contributed by atoms with E-state index < -0.39 is 7.28 Å². The van der Waals surface area contributed by atoms with Gasteiger partial charge in [0.05, 0.1) is 0 Å². The molecule has 2 rings (SSSR count). The zero-order valence-electron chi connectivity index (χ0n) is 17.8. The van der Waals surface area contributed by atoms with Crippen LogP contribution in [0.2, 0.25) is 0 Å². The van der Waals surface area contributed by atoms with E-state index in [0.29, 0.717) is 6.42 Å². The molecule has 0 aliphatic rings. The fourth-order valence-electron chi connectivity index (χ4n) is 3.83. The van der Waals surface area contributed by atoms with Crippen LogP contribution in [0.5, 0.6) is 0 Å². The number of hydrogen-bond donors (Lipinski definition) is 3. The molecule has 2 aromatic carbocycles. The third-order valence-corrected chi connectivity index (χ3v) is 8.16. The topological polar surface area (TPSA) is 60.7 Å². The summed E-state index contributed by atoms with van der Waals surface area (Å²) in [6.45, 7) is 0. The second kappa shape index (κ2) is 12.4. The standard InChI is InChI=1S/C25H39O3P/c26-29(27,28,25-21-15-11-16-22-25)23-17-9-7-5-3-1-2-4-6-8-12-18-24-19-13-10-14-20-24/h10-11,13-16,19-22,26-28H,1-9,12,17-18,23H2. The van der Waals surface area contributed by atoms with Gasteiger partial charge >= 0.3 is 134 Å². The van der Waals surface area contributed by atoms with E-state index in [1.165, 1.54) is 63.4 Å². The maximum atomic E-state index is 10.3. The Balaban J connectivity index is 1.41. The predicted octanol–water partition coefficient (Wildman–Crippen LogP) is 6.12. The van der Waals surface area contributed by atoms with Crippen molar-refractivity contribution in [2.75, 3.05) is 6.16 Å². The van der Waals surface area contributed by atoms with E-state index in [9.17, 15) is 14.7 Å². The molecule has 162 valence electrons. The summed E-state index contributed by atoms with van der Waals surface area (Å²) in [6, 6.07) is 19.2. The molecule has 0 aliphatic heterocycles. The van der Waals surface area contributed by atoms with Crippen molar-refractivity contribution in [3.05, 3.63) is 66.2 Å². The molecule has 0 atom stereocenters. The number of benzene rings is 2. The van der Waals surface area contributed by atoms with Crippen LogP contribution in [0, 0.1) is 0 Å². The third kappa shape index (κ3) is 9.87. The van der Waals surface area contributed by atoms with Gasteiger partial charge in [0.2, 0.25) is 0 Å². The van der Waals surface area contributed by atoms with Gasteiger partial charge in [-0.1, -0.05) is 30.3 Å². The first-order valence-electron chi connectivity index (χ1n) is 11.3. The first kappa shape index (κ1) is 24.0. The summed E-state index contributed by atoms with van der Waals surface area (Å²) in [4.78, 5) is 31.0. The first-order valence-corrected chi connectivity index (χ1v) is 13.6. The van der Waals surface area contributed by atoms with Gasteiger partial charge in [-0.3, -0.25) is 0 Å². The molecular weight excluding hydrogens is 379 g/mol. The van der Waals surface area contributed by atoms with Crippen LogP contribution in [-0.4, -0.2) is 20.8 Å². The van der Waals surface area contributed by atoms with Gasteiger partial charge in [-0.15, -0.1) is 0 Å². The van der Waals surface area contributed by atoms with Crippen molar-refractivity contribution in [3.8, 4) is 0 Å². The number of rotatable bonds is 15. The van der Waals surface area contributed by atoms with Crippen molar-refractivity contribution in [2.24, 2.45) is 0 Å². The molecule has 29 heavy (non-hydrogen) atoms. The molecule has 0 saturated carbocycles. The van der Waals surface area contributed by atoms with Gasteiger partial charge in [0.25, 0.3) is 0 Å². The van der Waals surface area contributed by atoms with Gasteiger partial charge in [-0.05, 0) is 12.0 Å². The summed E-state index contributed by atoms with van der Waals surface area (Å²) in [5.74, 6) is 0. The second-order valence-electron chi connectivity index (χ2n) is 8.33. The molecule has 0 heterocycles. The summed E-state index contributed by atoms with van der Waals surface area (Å²) in [6.07, 6.45) is 14.3. The summed E-state index contributed by atoms with van der Waals surface area (Å²) in [5.41, 5.74) is 1.45. The van der Waals surface area contributed by atoms with Crippen LogP contribution in [0.25, 0.3) is 0 Å². The van der Waals surface area contributed by atoms with Gasteiger partial charge in [0.1, 0.15) is 0 Å². The molecule has 3 N–H and O–H groups in total. The number of hydrogen-bond acceptors (Lipinski definition) is 3. The van der Waals surface area contributed by atoms with E-state index >= 15 is 0 Å². The molecule has 4 heteroatoms. The Morgan fingerprint density at radius 3 is 1.41 bits per heavy atom.